The lowest BCUT2D eigenvalue weighted by Crippen LogP contribution is -2.59. The van der Waals surface area contributed by atoms with E-state index in [2.05, 4.69) is 0 Å². The molecule has 8 heteroatoms. The summed E-state index contributed by atoms with van der Waals surface area (Å²) in [7, 11) is 0. The number of rotatable bonds is 6. The molecular weight excluding hydrogens is 520 g/mol. The molecule has 4 heterocycles. The number of aryl methyl sites for hydroxylation is 2. The van der Waals surface area contributed by atoms with Crippen LogP contribution in [0, 0.1) is 25.7 Å². The van der Waals surface area contributed by atoms with Crippen LogP contribution in [0.15, 0.2) is 72.8 Å². The summed E-state index contributed by atoms with van der Waals surface area (Å²) in [5.41, 5.74) is 1.08. The number of hydrogen-bond acceptors (Lipinski definition) is 6. The molecule has 41 heavy (non-hydrogen) atoms. The summed E-state index contributed by atoms with van der Waals surface area (Å²) in [5.74, 6) is -3.08. The summed E-state index contributed by atoms with van der Waals surface area (Å²) in [6.45, 7) is 5.88. The molecule has 8 nitrogen and oxygen atoms in total. The van der Waals surface area contributed by atoms with Crippen molar-refractivity contribution < 1.29 is 29.0 Å². The fourth-order valence-corrected chi connectivity index (χ4v) is 7.50. The number of carbonyl (C=O) groups excluding carboxylic acids is 3. The lowest BCUT2D eigenvalue weighted by molar-refractivity contribution is -0.159. The van der Waals surface area contributed by atoms with Gasteiger partial charge in [-0.25, -0.2) is 0 Å². The molecule has 1 spiro atoms. The van der Waals surface area contributed by atoms with Gasteiger partial charge in [0.05, 0.1) is 18.6 Å². The van der Waals surface area contributed by atoms with Crippen molar-refractivity contribution in [3.8, 4) is 0 Å². The van der Waals surface area contributed by atoms with E-state index >= 15 is 0 Å². The smallest absolute Gasteiger partial charge is 0.313 e. The Hall–Kier alpha value is -3.75. The Labute approximate surface area is 240 Å². The van der Waals surface area contributed by atoms with E-state index in [1.807, 2.05) is 87.5 Å². The first-order valence-electron chi connectivity index (χ1n) is 14.3. The standard InChI is InChI=1S/C33H36N2O6/c1-4-32-15-10-18-40-31(39)26(32)25-29(37)35(24(20-36)19-23-13-6-5-7-14-23)28-30(38)34(17-9-16-33(25,28)41-32)27-21(2)11-8-12-22(27)3/h5-16,24-26,28,36H,4,17-20H2,1-3H3/t24-,25+,26+,28?,32-,33+/m1/s1. The maximum absolute atomic E-state index is 14.8. The number of aliphatic hydroxyl groups is 1. The topological polar surface area (TPSA) is 96.4 Å². The van der Waals surface area contributed by atoms with Crippen molar-refractivity contribution in [3.05, 3.63) is 89.5 Å². The second-order valence-corrected chi connectivity index (χ2v) is 11.5. The number of benzene rings is 2. The molecule has 6 rings (SSSR count). The van der Waals surface area contributed by atoms with Crippen molar-refractivity contribution in [2.45, 2.75) is 56.9 Å². The van der Waals surface area contributed by atoms with Gasteiger partial charge in [-0.3, -0.25) is 14.4 Å². The number of para-hydroxylation sites is 1. The fourth-order valence-electron chi connectivity index (χ4n) is 7.50. The van der Waals surface area contributed by atoms with Crippen molar-refractivity contribution in [2.24, 2.45) is 11.8 Å². The number of nitrogens with zero attached hydrogens (tertiary/aromatic N) is 2. The third-order valence-corrected chi connectivity index (χ3v) is 9.26. The van der Waals surface area contributed by atoms with E-state index < -0.39 is 41.1 Å². The van der Waals surface area contributed by atoms with Crippen LogP contribution in [0.1, 0.15) is 30.0 Å². The molecule has 0 aliphatic carbocycles. The number of likely N-dealkylation sites (tertiary alicyclic amines) is 1. The summed E-state index contributed by atoms with van der Waals surface area (Å²) in [6, 6.07) is 13.7. The van der Waals surface area contributed by atoms with E-state index in [9.17, 15) is 19.5 Å². The quantitative estimate of drug-likeness (QED) is 0.434. The van der Waals surface area contributed by atoms with Gasteiger partial charge in [-0.05, 0) is 49.5 Å². The lowest BCUT2D eigenvalue weighted by atomic mass is 9.73. The largest absolute Gasteiger partial charge is 0.461 e. The van der Waals surface area contributed by atoms with E-state index in [0.29, 0.717) is 12.8 Å². The van der Waals surface area contributed by atoms with Gasteiger partial charge in [-0.2, -0.15) is 0 Å². The molecule has 6 atom stereocenters. The van der Waals surface area contributed by atoms with Crippen molar-refractivity contribution >= 4 is 23.5 Å². The van der Waals surface area contributed by atoms with Gasteiger partial charge in [0.2, 0.25) is 5.91 Å². The lowest BCUT2D eigenvalue weighted by Gasteiger charge is -2.41. The average molecular weight is 557 g/mol. The highest BCUT2D eigenvalue weighted by Gasteiger charge is 2.76. The van der Waals surface area contributed by atoms with Crippen LogP contribution in [0.25, 0.3) is 0 Å². The molecule has 2 aromatic rings. The molecule has 4 aliphatic heterocycles. The Morgan fingerprint density at radius 3 is 2.37 bits per heavy atom. The molecule has 2 saturated heterocycles. The fraction of sp³-hybridized carbons (Fsp3) is 0.424. The van der Waals surface area contributed by atoms with Crippen molar-refractivity contribution in [1.29, 1.82) is 0 Å². The van der Waals surface area contributed by atoms with Gasteiger partial charge in [0.1, 0.15) is 29.8 Å². The second-order valence-electron chi connectivity index (χ2n) is 11.5. The SMILES string of the molecule is CC[C@@]12C=CCOC(=O)[C@@H]1[C@H]1C(=O)N([C@@H](CO)Cc3ccccc3)C3C(=O)N(c4c(C)cccc4C)CC=C[C@@]31O2. The zero-order valence-electron chi connectivity index (χ0n) is 23.7. The highest BCUT2D eigenvalue weighted by atomic mass is 16.6. The van der Waals surface area contributed by atoms with E-state index in [1.165, 1.54) is 4.90 Å². The number of ether oxygens (including phenoxy) is 2. The molecule has 2 fully saturated rings. The zero-order chi connectivity index (χ0) is 28.9. The van der Waals surface area contributed by atoms with Gasteiger partial charge in [-0.1, -0.05) is 73.7 Å². The number of anilines is 1. The third kappa shape index (κ3) is 4.07. The van der Waals surface area contributed by atoms with Gasteiger partial charge in [0.15, 0.2) is 0 Å². The Bertz CT molecular complexity index is 1420. The first-order valence-corrected chi connectivity index (χ1v) is 14.3. The monoisotopic (exact) mass is 556 g/mol. The predicted octanol–water partition coefficient (Wildman–Crippen LogP) is 3.28. The molecular formula is C33H36N2O6. The summed E-state index contributed by atoms with van der Waals surface area (Å²) in [6.07, 6.45) is 8.07. The summed E-state index contributed by atoms with van der Waals surface area (Å²) >= 11 is 0. The van der Waals surface area contributed by atoms with Crippen LogP contribution in [-0.4, -0.2) is 70.8 Å². The molecule has 1 unspecified atom stereocenters. The molecule has 0 radical (unpaired) electrons. The van der Waals surface area contributed by atoms with Crippen LogP contribution in [-0.2, 0) is 30.3 Å². The van der Waals surface area contributed by atoms with Crippen LogP contribution >= 0.6 is 0 Å². The average Bonchev–Trinajstić information content (AvgIpc) is 3.25. The predicted molar refractivity (Wildman–Crippen MR) is 153 cm³/mol. The molecule has 1 N–H and O–H groups in total. The number of carbonyl (C=O) groups is 3. The molecule has 0 aromatic heterocycles. The van der Waals surface area contributed by atoms with E-state index in [-0.39, 0.29) is 31.6 Å². The normalized spacial score (nSPS) is 31.3. The van der Waals surface area contributed by atoms with Crippen molar-refractivity contribution in [3.63, 3.8) is 0 Å². The zero-order valence-corrected chi connectivity index (χ0v) is 23.7. The Morgan fingerprint density at radius 1 is 0.951 bits per heavy atom. The van der Waals surface area contributed by atoms with Crippen LogP contribution in [0.3, 0.4) is 0 Å². The van der Waals surface area contributed by atoms with E-state index in [1.54, 1.807) is 11.0 Å². The molecule has 0 saturated carbocycles. The van der Waals surface area contributed by atoms with Crippen molar-refractivity contribution in [1.82, 2.24) is 4.90 Å². The van der Waals surface area contributed by atoms with Gasteiger partial charge in [0, 0.05) is 12.2 Å². The molecule has 4 aliphatic rings. The summed E-state index contributed by atoms with van der Waals surface area (Å²) in [5, 5.41) is 10.7. The first-order chi connectivity index (χ1) is 19.8. The summed E-state index contributed by atoms with van der Waals surface area (Å²) < 4.78 is 12.5. The minimum absolute atomic E-state index is 0.101. The van der Waals surface area contributed by atoms with Gasteiger partial charge >= 0.3 is 5.97 Å². The number of hydrogen-bond donors (Lipinski definition) is 1. The maximum Gasteiger partial charge on any atom is 0.313 e. The molecule has 214 valence electrons. The number of aliphatic hydroxyl groups excluding tert-OH is 1. The Balaban J connectivity index is 1.53. The van der Waals surface area contributed by atoms with Crippen LogP contribution in [0.4, 0.5) is 5.69 Å². The first kappa shape index (κ1) is 27.4. The second kappa shape index (κ2) is 10.3. The minimum Gasteiger partial charge on any atom is -0.461 e. The molecule has 2 aromatic carbocycles. The van der Waals surface area contributed by atoms with Crippen LogP contribution < -0.4 is 4.90 Å². The number of amides is 2. The third-order valence-electron chi connectivity index (χ3n) is 9.26. The van der Waals surface area contributed by atoms with Gasteiger partial charge < -0.3 is 24.4 Å². The number of fused-ring (bicyclic) bond motifs is 2. The summed E-state index contributed by atoms with van der Waals surface area (Å²) in [4.78, 5) is 46.2. The maximum atomic E-state index is 14.8. The minimum atomic E-state index is -1.41. The van der Waals surface area contributed by atoms with Crippen LogP contribution in [0.5, 0.6) is 0 Å². The highest BCUT2D eigenvalue weighted by molar-refractivity contribution is 6.06. The Morgan fingerprint density at radius 2 is 1.68 bits per heavy atom. The van der Waals surface area contributed by atoms with Crippen LogP contribution in [0.2, 0.25) is 0 Å². The highest BCUT2D eigenvalue weighted by Crippen LogP contribution is 2.59. The van der Waals surface area contributed by atoms with E-state index in [0.717, 1.165) is 22.4 Å². The Kier molecular flexibility index (Phi) is 6.86. The van der Waals surface area contributed by atoms with E-state index in [4.69, 9.17) is 9.47 Å². The molecule has 2 amide bonds. The van der Waals surface area contributed by atoms with Gasteiger partial charge in [-0.15, -0.1) is 0 Å². The number of esters is 1. The molecule has 0 bridgehead atoms. The van der Waals surface area contributed by atoms with Crippen molar-refractivity contribution in [2.75, 3.05) is 24.7 Å². The number of cyclic esters (lactones) is 1. The van der Waals surface area contributed by atoms with Gasteiger partial charge in [0.25, 0.3) is 5.91 Å².